The molecule has 0 fully saturated rings. The van der Waals surface area contributed by atoms with E-state index in [1.165, 1.54) is 17.7 Å². The summed E-state index contributed by atoms with van der Waals surface area (Å²) in [6.07, 6.45) is 0.987. The number of aryl methyl sites for hydroxylation is 1. The minimum atomic E-state index is -0.374. The Bertz CT molecular complexity index is 644. The van der Waals surface area contributed by atoms with E-state index >= 15 is 0 Å². The summed E-state index contributed by atoms with van der Waals surface area (Å²) in [5, 5.41) is 11.3. The van der Waals surface area contributed by atoms with Crippen LogP contribution in [0.15, 0.2) is 41.2 Å². The van der Waals surface area contributed by atoms with Gasteiger partial charge in [-0.05, 0) is 30.5 Å². The Labute approximate surface area is 122 Å². The number of carbonyl (C=O) groups excluding carboxylic acids is 1. The summed E-state index contributed by atoms with van der Waals surface area (Å²) >= 11 is 0. The lowest BCUT2D eigenvalue weighted by atomic mass is 10.1. The van der Waals surface area contributed by atoms with E-state index in [1.54, 1.807) is 0 Å². The number of anilines is 1. The molecule has 1 atom stereocenters. The molecular weight excluding hydrogens is 268 g/mol. The molecule has 2 rings (SSSR count). The first kappa shape index (κ1) is 14.8. The number of hydrogen-bond acceptors (Lipinski definition) is 3. The Kier molecular flexibility index (Phi) is 4.71. The third-order valence-electron chi connectivity index (χ3n) is 3.16. The molecule has 3 N–H and O–H groups in total. The van der Waals surface area contributed by atoms with Crippen LogP contribution in [0.25, 0.3) is 0 Å². The minimum absolute atomic E-state index is 0.126. The zero-order valence-corrected chi connectivity index (χ0v) is 12.0. The molecule has 6 nitrogen and oxygen atoms in total. The predicted molar refractivity (Wildman–Crippen MR) is 81.2 cm³/mol. The van der Waals surface area contributed by atoms with E-state index in [0.29, 0.717) is 5.82 Å². The van der Waals surface area contributed by atoms with E-state index < -0.39 is 0 Å². The summed E-state index contributed by atoms with van der Waals surface area (Å²) in [5.41, 5.74) is 1.97. The molecule has 6 heteroatoms. The molecule has 1 aromatic heterocycles. The Hall–Kier alpha value is -2.63. The maximum atomic E-state index is 11.8. The number of amides is 2. The number of rotatable bonds is 4. The fourth-order valence-corrected chi connectivity index (χ4v) is 1.89. The molecule has 110 valence electrons. The molecule has 0 saturated heterocycles. The lowest BCUT2D eigenvalue weighted by Gasteiger charge is -2.15. The van der Waals surface area contributed by atoms with Crippen molar-refractivity contribution in [2.45, 2.75) is 26.3 Å². The Balaban J connectivity index is 1.94. The molecule has 0 spiro atoms. The van der Waals surface area contributed by atoms with Crippen molar-refractivity contribution in [2.24, 2.45) is 0 Å². The molecule has 21 heavy (non-hydrogen) atoms. The summed E-state index contributed by atoms with van der Waals surface area (Å²) in [4.78, 5) is 22.7. The number of aromatic amines is 1. The van der Waals surface area contributed by atoms with Crippen molar-refractivity contribution in [1.82, 2.24) is 15.5 Å². The number of nitrogens with one attached hydrogen (secondary N) is 3. The van der Waals surface area contributed by atoms with Crippen LogP contribution >= 0.6 is 0 Å². The number of benzene rings is 1. The van der Waals surface area contributed by atoms with Crippen LogP contribution in [0.4, 0.5) is 10.6 Å². The second-order valence-electron chi connectivity index (χ2n) is 4.72. The van der Waals surface area contributed by atoms with Gasteiger partial charge in [-0.1, -0.05) is 31.2 Å². The molecule has 2 aromatic rings. The lowest BCUT2D eigenvalue weighted by Crippen LogP contribution is -2.31. The summed E-state index contributed by atoms with van der Waals surface area (Å²) < 4.78 is 0. The maximum absolute atomic E-state index is 11.8. The van der Waals surface area contributed by atoms with E-state index in [9.17, 15) is 9.59 Å². The Morgan fingerprint density at radius 3 is 2.52 bits per heavy atom. The van der Waals surface area contributed by atoms with E-state index in [0.717, 1.165) is 12.0 Å². The van der Waals surface area contributed by atoms with Crippen LogP contribution in [0.1, 0.15) is 31.0 Å². The number of hydrogen-bond donors (Lipinski definition) is 3. The minimum Gasteiger partial charge on any atom is -0.331 e. The maximum Gasteiger partial charge on any atom is 0.320 e. The van der Waals surface area contributed by atoms with Crippen LogP contribution in [-0.2, 0) is 6.42 Å². The van der Waals surface area contributed by atoms with Crippen LogP contribution in [0.2, 0.25) is 0 Å². The SMILES string of the molecule is CCc1ccc(C(C)NC(=O)Nc2ccc(=O)[nH]n2)cc1. The van der Waals surface area contributed by atoms with Gasteiger partial charge in [0, 0.05) is 6.07 Å². The highest BCUT2D eigenvalue weighted by molar-refractivity contribution is 5.88. The number of urea groups is 1. The third kappa shape index (κ3) is 4.17. The van der Waals surface area contributed by atoms with E-state index in [2.05, 4.69) is 39.9 Å². The second-order valence-corrected chi connectivity index (χ2v) is 4.72. The standard InChI is InChI=1S/C15H18N4O2/c1-3-11-4-6-12(7-5-11)10(2)16-15(21)17-13-8-9-14(20)19-18-13/h4-10H,3H2,1-2H3,(H,19,20)(H2,16,17,18,21). The topological polar surface area (TPSA) is 86.9 Å². The molecular formula is C15H18N4O2. The molecule has 1 aromatic carbocycles. The summed E-state index contributed by atoms with van der Waals surface area (Å²) in [7, 11) is 0. The molecule has 0 radical (unpaired) electrons. The van der Waals surface area contributed by atoms with Gasteiger partial charge in [0.25, 0.3) is 5.56 Å². The van der Waals surface area contributed by atoms with Crippen molar-refractivity contribution in [1.29, 1.82) is 0 Å². The highest BCUT2D eigenvalue weighted by Crippen LogP contribution is 2.13. The van der Waals surface area contributed by atoms with E-state index in [1.807, 2.05) is 19.1 Å². The fourth-order valence-electron chi connectivity index (χ4n) is 1.89. The van der Waals surface area contributed by atoms with Crippen molar-refractivity contribution in [3.8, 4) is 0 Å². The van der Waals surface area contributed by atoms with E-state index in [-0.39, 0.29) is 17.6 Å². The number of carbonyl (C=O) groups is 1. The van der Waals surface area contributed by atoms with Gasteiger partial charge in [0.05, 0.1) is 6.04 Å². The van der Waals surface area contributed by atoms with Gasteiger partial charge in [-0.25, -0.2) is 9.89 Å². The monoisotopic (exact) mass is 286 g/mol. The normalized spacial score (nSPS) is 11.7. The largest absolute Gasteiger partial charge is 0.331 e. The first-order chi connectivity index (χ1) is 10.1. The molecule has 0 bridgehead atoms. The molecule has 2 amide bonds. The Morgan fingerprint density at radius 1 is 1.24 bits per heavy atom. The van der Waals surface area contributed by atoms with Crippen molar-refractivity contribution in [3.63, 3.8) is 0 Å². The van der Waals surface area contributed by atoms with Crippen molar-refractivity contribution >= 4 is 11.8 Å². The summed E-state index contributed by atoms with van der Waals surface area (Å²) in [5.74, 6) is 0.292. The zero-order chi connectivity index (χ0) is 15.2. The summed E-state index contributed by atoms with van der Waals surface area (Å²) in [6, 6.07) is 10.3. The van der Waals surface area contributed by atoms with Crippen LogP contribution < -0.4 is 16.2 Å². The third-order valence-corrected chi connectivity index (χ3v) is 3.16. The molecule has 0 aliphatic carbocycles. The molecule has 0 aliphatic heterocycles. The first-order valence-corrected chi connectivity index (χ1v) is 6.80. The number of aromatic nitrogens is 2. The fraction of sp³-hybridized carbons (Fsp3) is 0.267. The average molecular weight is 286 g/mol. The van der Waals surface area contributed by atoms with Gasteiger partial charge in [-0.15, -0.1) is 0 Å². The van der Waals surface area contributed by atoms with Crippen molar-refractivity contribution in [3.05, 3.63) is 57.9 Å². The van der Waals surface area contributed by atoms with Gasteiger partial charge < -0.3 is 5.32 Å². The molecule has 1 unspecified atom stereocenters. The highest BCUT2D eigenvalue weighted by Gasteiger charge is 2.10. The lowest BCUT2D eigenvalue weighted by molar-refractivity contribution is 0.249. The highest BCUT2D eigenvalue weighted by atomic mass is 16.2. The van der Waals surface area contributed by atoms with Gasteiger partial charge in [0.15, 0.2) is 5.82 Å². The van der Waals surface area contributed by atoms with Crippen LogP contribution in [0, 0.1) is 0 Å². The smallest absolute Gasteiger partial charge is 0.320 e. The predicted octanol–water partition coefficient (Wildman–Crippen LogP) is 2.21. The molecule has 0 saturated carbocycles. The van der Waals surface area contributed by atoms with Crippen LogP contribution in [0.5, 0.6) is 0 Å². The Morgan fingerprint density at radius 2 is 1.95 bits per heavy atom. The number of nitrogens with zero attached hydrogens (tertiary/aromatic N) is 1. The molecule has 1 heterocycles. The van der Waals surface area contributed by atoms with Gasteiger partial charge in [-0.3, -0.25) is 10.1 Å². The first-order valence-electron chi connectivity index (χ1n) is 6.80. The van der Waals surface area contributed by atoms with Gasteiger partial charge >= 0.3 is 6.03 Å². The van der Waals surface area contributed by atoms with Crippen molar-refractivity contribution in [2.75, 3.05) is 5.32 Å². The van der Waals surface area contributed by atoms with Crippen LogP contribution in [-0.4, -0.2) is 16.2 Å². The van der Waals surface area contributed by atoms with Gasteiger partial charge in [-0.2, -0.15) is 5.10 Å². The van der Waals surface area contributed by atoms with E-state index in [4.69, 9.17) is 0 Å². The van der Waals surface area contributed by atoms with Gasteiger partial charge in [0.1, 0.15) is 0 Å². The van der Waals surface area contributed by atoms with Crippen molar-refractivity contribution < 1.29 is 4.79 Å². The number of H-pyrrole nitrogens is 1. The summed E-state index contributed by atoms with van der Waals surface area (Å²) in [6.45, 7) is 4.00. The average Bonchev–Trinajstić information content (AvgIpc) is 2.49. The molecule has 0 aliphatic rings. The van der Waals surface area contributed by atoms with Crippen LogP contribution in [0.3, 0.4) is 0 Å². The zero-order valence-electron chi connectivity index (χ0n) is 12.0. The second kappa shape index (κ2) is 6.69. The van der Waals surface area contributed by atoms with Gasteiger partial charge in [0.2, 0.25) is 0 Å². The quantitative estimate of drug-likeness (QED) is 0.805.